The maximum absolute atomic E-state index is 12.3. The number of ether oxygens (including phenoxy) is 3. The highest BCUT2D eigenvalue weighted by atomic mass is 35.5. The number of benzene rings is 2. The first-order valence-corrected chi connectivity index (χ1v) is 10.1. The Balaban J connectivity index is 1.88. The van der Waals surface area contributed by atoms with Crippen molar-refractivity contribution in [2.24, 2.45) is 0 Å². The number of hydrogen-bond acceptors (Lipinski definition) is 7. The van der Waals surface area contributed by atoms with Gasteiger partial charge in [0.05, 0.1) is 6.61 Å². The molecule has 0 radical (unpaired) electrons. The van der Waals surface area contributed by atoms with Gasteiger partial charge < -0.3 is 29.5 Å². The first-order chi connectivity index (χ1) is 15.2. The van der Waals surface area contributed by atoms with Gasteiger partial charge >= 0.3 is 0 Å². The van der Waals surface area contributed by atoms with E-state index in [1.165, 1.54) is 13.2 Å². The average molecular weight is 473 g/mol. The molecule has 1 aliphatic rings. The summed E-state index contributed by atoms with van der Waals surface area (Å²) in [5, 5.41) is 30.6. The third kappa shape index (κ3) is 4.93. The first-order valence-electron chi connectivity index (χ1n) is 9.74. The number of aliphatic hydroxyl groups is 3. The lowest BCUT2D eigenvalue weighted by Gasteiger charge is -2.44. The number of halogens is 3. The van der Waals surface area contributed by atoms with Gasteiger partial charge in [-0.1, -0.05) is 29.8 Å². The molecule has 1 unspecified atom stereocenters. The van der Waals surface area contributed by atoms with Crippen LogP contribution < -0.4 is 4.74 Å². The highest BCUT2D eigenvalue weighted by Gasteiger charge is 2.55. The standard InChI is InChI=1S/C22H23ClF2O7/c1-30-22(21(29)20(28)19(27)17(10-26)32-22)14-4-7-16(23)13(9-14)8-12-2-5-15(6-3-12)31-11-18(24)25/h2-7,9,17-18,20-21,26,28-29H,8,10-11H2,1H3/t17-,20?,21-,22+/m1/s1. The lowest BCUT2D eigenvalue weighted by Crippen LogP contribution is -2.62. The summed E-state index contributed by atoms with van der Waals surface area (Å²) < 4.78 is 40.5. The molecule has 0 aliphatic carbocycles. The smallest absolute Gasteiger partial charge is 0.272 e. The van der Waals surface area contributed by atoms with Crippen molar-refractivity contribution in [2.75, 3.05) is 20.3 Å². The van der Waals surface area contributed by atoms with Crippen LogP contribution in [0.2, 0.25) is 5.02 Å². The molecule has 1 heterocycles. The number of aliphatic hydroxyl groups excluding tert-OH is 3. The van der Waals surface area contributed by atoms with Crippen LogP contribution in [0.15, 0.2) is 42.5 Å². The molecule has 1 fully saturated rings. The minimum absolute atomic E-state index is 0.286. The van der Waals surface area contributed by atoms with Gasteiger partial charge in [-0.2, -0.15) is 0 Å². The van der Waals surface area contributed by atoms with E-state index in [2.05, 4.69) is 0 Å². The van der Waals surface area contributed by atoms with E-state index in [9.17, 15) is 28.9 Å². The Hall–Kier alpha value is -2.14. The van der Waals surface area contributed by atoms with Crippen LogP contribution >= 0.6 is 11.6 Å². The van der Waals surface area contributed by atoms with Crippen molar-refractivity contribution in [2.45, 2.75) is 36.9 Å². The number of rotatable bonds is 8. The lowest BCUT2D eigenvalue weighted by atomic mass is 9.87. The maximum Gasteiger partial charge on any atom is 0.272 e. The Morgan fingerprint density at radius 3 is 2.47 bits per heavy atom. The quantitative estimate of drug-likeness (QED) is 0.540. The minimum atomic E-state index is -2.57. The van der Waals surface area contributed by atoms with Gasteiger partial charge in [0.2, 0.25) is 5.79 Å². The number of ketones is 1. The summed E-state index contributed by atoms with van der Waals surface area (Å²) in [6, 6.07) is 11.2. The van der Waals surface area contributed by atoms with Crippen molar-refractivity contribution in [1.29, 1.82) is 0 Å². The molecule has 3 rings (SSSR count). The summed E-state index contributed by atoms with van der Waals surface area (Å²) in [4.78, 5) is 12.1. The van der Waals surface area contributed by atoms with Gasteiger partial charge in [-0.25, -0.2) is 8.78 Å². The molecule has 0 amide bonds. The molecular formula is C22H23ClF2O7. The van der Waals surface area contributed by atoms with Crippen LogP contribution in [0, 0.1) is 0 Å². The highest BCUT2D eigenvalue weighted by Crippen LogP contribution is 2.39. The van der Waals surface area contributed by atoms with Crippen LogP contribution in [0.25, 0.3) is 0 Å². The van der Waals surface area contributed by atoms with Crippen LogP contribution in [0.1, 0.15) is 16.7 Å². The van der Waals surface area contributed by atoms with Gasteiger partial charge in [0.1, 0.15) is 30.7 Å². The Labute approximate surface area is 188 Å². The van der Waals surface area contributed by atoms with Gasteiger partial charge in [-0.3, -0.25) is 4.79 Å². The van der Waals surface area contributed by atoms with Crippen molar-refractivity contribution in [1.82, 2.24) is 0 Å². The Morgan fingerprint density at radius 2 is 1.88 bits per heavy atom. The summed E-state index contributed by atoms with van der Waals surface area (Å²) in [7, 11) is 1.24. The fourth-order valence-corrected chi connectivity index (χ4v) is 3.74. The highest BCUT2D eigenvalue weighted by molar-refractivity contribution is 6.31. The molecule has 0 aromatic heterocycles. The van der Waals surface area contributed by atoms with Crippen LogP contribution in [0.3, 0.4) is 0 Å². The van der Waals surface area contributed by atoms with Gasteiger partial charge in [0.15, 0.2) is 5.78 Å². The number of alkyl halides is 2. The van der Waals surface area contributed by atoms with E-state index in [4.69, 9.17) is 25.8 Å². The molecule has 7 nitrogen and oxygen atoms in total. The zero-order chi connectivity index (χ0) is 23.5. The zero-order valence-electron chi connectivity index (χ0n) is 17.1. The molecule has 1 aliphatic heterocycles. The molecule has 0 bridgehead atoms. The van der Waals surface area contributed by atoms with E-state index in [-0.39, 0.29) is 5.56 Å². The Morgan fingerprint density at radius 1 is 1.19 bits per heavy atom. The lowest BCUT2D eigenvalue weighted by molar-refractivity contribution is -0.327. The number of Topliss-reactive ketones (excluding diaryl/α,β-unsaturated/α-hetero) is 1. The summed E-state index contributed by atoms with van der Waals surface area (Å²) >= 11 is 6.34. The fourth-order valence-electron chi connectivity index (χ4n) is 3.56. The summed E-state index contributed by atoms with van der Waals surface area (Å²) in [5.41, 5.74) is 1.70. The first kappa shape index (κ1) is 24.5. The molecule has 10 heteroatoms. The van der Waals surface area contributed by atoms with E-state index < -0.39 is 49.5 Å². The fraction of sp³-hybridized carbons (Fsp3) is 0.409. The van der Waals surface area contributed by atoms with Crippen LogP contribution in [0.4, 0.5) is 8.78 Å². The van der Waals surface area contributed by atoms with Gasteiger partial charge in [-0.15, -0.1) is 0 Å². The third-order valence-corrected chi connectivity index (χ3v) is 5.59. The molecule has 0 spiro atoms. The summed E-state index contributed by atoms with van der Waals surface area (Å²) in [5.74, 6) is -2.46. The molecule has 2 aromatic carbocycles. The predicted octanol–water partition coefficient (Wildman–Crippen LogP) is 2.06. The average Bonchev–Trinajstić information content (AvgIpc) is 2.79. The van der Waals surface area contributed by atoms with E-state index in [0.717, 1.165) is 5.56 Å². The number of hydrogen-bond donors (Lipinski definition) is 3. The molecule has 1 saturated heterocycles. The molecule has 4 atom stereocenters. The summed E-state index contributed by atoms with van der Waals surface area (Å²) in [6.07, 6.45) is -7.18. The predicted molar refractivity (Wildman–Crippen MR) is 110 cm³/mol. The van der Waals surface area contributed by atoms with Gasteiger partial charge in [0, 0.05) is 17.7 Å². The Kier molecular flexibility index (Phi) is 7.81. The van der Waals surface area contributed by atoms with Crippen molar-refractivity contribution >= 4 is 17.4 Å². The number of carbonyl (C=O) groups excluding carboxylic acids is 1. The second kappa shape index (κ2) is 10.2. The summed E-state index contributed by atoms with van der Waals surface area (Å²) in [6.45, 7) is -1.40. The topological polar surface area (TPSA) is 105 Å². The van der Waals surface area contributed by atoms with Crippen molar-refractivity contribution in [3.05, 3.63) is 64.2 Å². The SMILES string of the molecule is CO[C@@]1(c2ccc(Cl)c(Cc3ccc(OCC(F)F)cc3)c2)O[C@H](CO)C(=O)C(O)[C@H]1O. The van der Waals surface area contributed by atoms with Gasteiger partial charge in [-0.05, 0) is 41.8 Å². The molecule has 0 saturated carbocycles. The third-order valence-electron chi connectivity index (χ3n) is 5.23. The second-order valence-corrected chi connectivity index (χ2v) is 7.69. The zero-order valence-corrected chi connectivity index (χ0v) is 17.8. The van der Waals surface area contributed by atoms with Crippen LogP contribution in [-0.2, 0) is 26.5 Å². The molecule has 32 heavy (non-hydrogen) atoms. The largest absolute Gasteiger partial charge is 0.488 e. The minimum Gasteiger partial charge on any atom is -0.488 e. The van der Waals surface area contributed by atoms with Crippen LogP contribution in [0.5, 0.6) is 5.75 Å². The Bertz CT molecular complexity index is 936. The molecule has 3 N–H and O–H groups in total. The van der Waals surface area contributed by atoms with Crippen molar-refractivity contribution in [3.63, 3.8) is 0 Å². The van der Waals surface area contributed by atoms with Crippen molar-refractivity contribution in [3.8, 4) is 5.75 Å². The van der Waals surface area contributed by atoms with Gasteiger partial charge in [0.25, 0.3) is 6.43 Å². The van der Waals surface area contributed by atoms with Crippen molar-refractivity contribution < 1.29 is 43.1 Å². The van der Waals surface area contributed by atoms with E-state index in [1.54, 1.807) is 36.4 Å². The number of methoxy groups -OCH3 is 1. The number of carbonyl (C=O) groups is 1. The van der Waals surface area contributed by atoms with E-state index >= 15 is 0 Å². The maximum atomic E-state index is 12.3. The molecule has 2 aromatic rings. The molecular weight excluding hydrogens is 450 g/mol. The van der Waals surface area contributed by atoms with Crippen LogP contribution in [-0.4, -0.2) is 66.2 Å². The monoisotopic (exact) mass is 472 g/mol. The molecule has 174 valence electrons. The normalized spacial score (nSPS) is 25.9. The van der Waals surface area contributed by atoms with E-state index in [0.29, 0.717) is 22.8 Å². The van der Waals surface area contributed by atoms with E-state index in [1.807, 2.05) is 0 Å². The second-order valence-electron chi connectivity index (χ2n) is 7.28.